The largest absolute Gasteiger partial charge is 0.370 e. The molecule has 1 N–H and O–H groups in total. The molecule has 1 spiro atoms. The molecule has 1 saturated heterocycles. The summed E-state index contributed by atoms with van der Waals surface area (Å²) in [6, 6.07) is 23.1. The predicted octanol–water partition coefficient (Wildman–Crippen LogP) is 5.86. The van der Waals surface area contributed by atoms with Gasteiger partial charge in [-0.05, 0) is 60.6 Å². The number of carbonyl (C=O) groups excluding carboxylic acids is 1. The minimum Gasteiger partial charge on any atom is -0.370 e. The molecule has 1 amide bonds. The van der Waals surface area contributed by atoms with Crippen LogP contribution < -0.4 is 10.2 Å². The first-order chi connectivity index (χ1) is 17.0. The zero-order valence-corrected chi connectivity index (χ0v) is 20.6. The van der Waals surface area contributed by atoms with Crippen LogP contribution in [-0.2, 0) is 13.0 Å². The van der Waals surface area contributed by atoms with Crippen molar-refractivity contribution < 1.29 is 4.79 Å². The standard InChI is InChI=1S/C29H29ClN4O/c1-2-25-27(34-17-23(30)12-13-26(34)32-25)28(35)31-16-20-8-10-21(11-9-20)22-14-29(15-22)18-33(19-29)24-6-4-3-5-7-24/h3-13,17,22H,2,14-16,18-19H2,1H3,(H,31,35). The number of halogens is 1. The first kappa shape index (κ1) is 22.2. The van der Waals surface area contributed by atoms with Gasteiger partial charge in [0.05, 0.1) is 10.7 Å². The molecule has 3 heterocycles. The third-order valence-electron chi connectivity index (χ3n) is 7.64. The van der Waals surface area contributed by atoms with E-state index in [4.69, 9.17) is 11.6 Å². The van der Waals surface area contributed by atoms with Crippen LogP contribution in [0.1, 0.15) is 53.0 Å². The summed E-state index contributed by atoms with van der Waals surface area (Å²) in [4.78, 5) is 20.1. The number of hydrogen-bond acceptors (Lipinski definition) is 3. The normalized spacial score (nSPS) is 16.8. The summed E-state index contributed by atoms with van der Waals surface area (Å²) in [6.45, 7) is 4.83. The number of imidazole rings is 1. The zero-order valence-electron chi connectivity index (χ0n) is 19.9. The van der Waals surface area contributed by atoms with Gasteiger partial charge in [-0.25, -0.2) is 4.98 Å². The SMILES string of the molecule is CCc1nc2ccc(Cl)cn2c1C(=O)NCc1ccc(C2CC3(C2)CN(c2ccccc2)C3)cc1. The molecule has 178 valence electrons. The topological polar surface area (TPSA) is 49.6 Å². The Hall–Kier alpha value is -3.31. The lowest BCUT2D eigenvalue weighted by molar-refractivity contribution is 0.0634. The maximum Gasteiger partial charge on any atom is 0.270 e. The van der Waals surface area contributed by atoms with Crippen LogP contribution in [0.4, 0.5) is 5.69 Å². The van der Waals surface area contributed by atoms with Gasteiger partial charge in [0.25, 0.3) is 5.91 Å². The number of anilines is 1. The van der Waals surface area contributed by atoms with Gasteiger partial charge >= 0.3 is 0 Å². The van der Waals surface area contributed by atoms with Crippen LogP contribution >= 0.6 is 11.6 Å². The maximum absolute atomic E-state index is 13.0. The zero-order chi connectivity index (χ0) is 24.0. The van der Waals surface area contributed by atoms with Crippen LogP contribution in [0, 0.1) is 5.41 Å². The highest BCUT2D eigenvalue weighted by Gasteiger charge is 2.52. The van der Waals surface area contributed by atoms with Crippen LogP contribution in [0.2, 0.25) is 5.02 Å². The summed E-state index contributed by atoms with van der Waals surface area (Å²) in [5.41, 5.74) is 6.42. The Labute approximate surface area is 210 Å². The van der Waals surface area contributed by atoms with Crippen molar-refractivity contribution in [2.45, 2.75) is 38.6 Å². The number of aromatic nitrogens is 2. The number of aryl methyl sites for hydroxylation is 1. The van der Waals surface area contributed by atoms with E-state index in [1.807, 2.05) is 13.0 Å². The molecule has 2 aliphatic rings. The highest BCUT2D eigenvalue weighted by molar-refractivity contribution is 6.30. The Morgan fingerprint density at radius 1 is 1.06 bits per heavy atom. The number of hydrogen-bond donors (Lipinski definition) is 1. The summed E-state index contributed by atoms with van der Waals surface area (Å²) in [5.74, 6) is 0.515. The van der Waals surface area contributed by atoms with Crippen LogP contribution in [0.15, 0.2) is 72.9 Å². The van der Waals surface area contributed by atoms with E-state index in [9.17, 15) is 4.79 Å². The molecule has 5 nitrogen and oxygen atoms in total. The van der Waals surface area contributed by atoms with Crippen molar-refractivity contribution >= 4 is 28.8 Å². The number of pyridine rings is 1. The molecule has 1 aliphatic heterocycles. The molecule has 2 aromatic heterocycles. The molecule has 2 aromatic carbocycles. The van der Waals surface area contributed by atoms with E-state index in [1.165, 1.54) is 37.2 Å². The summed E-state index contributed by atoms with van der Waals surface area (Å²) >= 11 is 6.16. The molecular weight excluding hydrogens is 456 g/mol. The van der Waals surface area contributed by atoms with E-state index in [-0.39, 0.29) is 5.91 Å². The number of benzene rings is 2. The van der Waals surface area contributed by atoms with Crippen LogP contribution in [0.25, 0.3) is 5.65 Å². The summed E-state index contributed by atoms with van der Waals surface area (Å²) in [7, 11) is 0. The maximum atomic E-state index is 13.0. The highest BCUT2D eigenvalue weighted by Crippen LogP contribution is 2.56. The Bertz CT molecular complexity index is 1370. The molecule has 6 rings (SSSR count). The molecule has 1 saturated carbocycles. The quantitative estimate of drug-likeness (QED) is 0.372. The molecule has 0 unspecified atom stereocenters. The van der Waals surface area contributed by atoms with E-state index in [1.54, 1.807) is 16.7 Å². The highest BCUT2D eigenvalue weighted by atomic mass is 35.5. The van der Waals surface area contributed by atoms with E-state index in [0.717, 1.165) is 16.9 Å². The number of rotatable bonds is 6. The predicted molar refractivity (Wildman–Crippen MR) is 140 cm³/mol. The van der Waals surface area contributed by atoms with Crippen molar-refractivity contribution in [3.8, 4) is 0 Å². The first-order valence-electron chi connectivity index (χ1n) is 12.4. The van der Waals surface area contributed by atoms with Gasteiger partial charge in [0.15, 0.2) is 0 Å². The fourth-order valence-corrected chi connectivity index (χ4v) is 5.95. The molecule has 35 heavy (non-hydrogen) atoms. The Balaban J connectivity index is 1.05. The van der Waals surface area contributed by atoms with Gasteiger partial charge in [-0.15, -0.1) is 0 Å². The number of amides is 1. The molecule has 0 atom stereocenters. The van der Waals surface area contributed by atoms with Crippen molar-refractivity contribution in [1.82, 2.24) is 14.7 Å². The van der Waals surface area contributed by atoms with Crippen molar-refractivity contribution in [3.05, 3.63) is 100 Å². The monoisotopic (exact) mass is 484 g/mol. The van der Waals surface area contributed by atoms with Crippen LogP contribution in [0.3, 0.4) is 0 Å². The van der Waals surface area contributed by atoms with Gasteiger partial charge < -0.3 is 10.2 Å². The number of fused-ring (bicyclic) bond motifs is 1. The lowest BCUT2D eigenvalue weighted by Gasteiger charge is -2.60. The summed E-state index contributed by atoms with van der Waals surface area (Å²) in [6.07, 6.45) is 4.97. The Morgan fingerprint density at radius 3 is 2.51 bits per heavy atom. The van der Waals surface area contributed by atoms with Gasteiger partial charge in [-0.3, -0.25) is 9.20 Å². The Kier molecular flexibility index (Phi) is 5.53. The average Bonchev–Trinajstić information content (AvgIpc) is 3.20. The summed E-state index contributed by atoms with van der Waals surface area (Å²) in [5, 5.41) is 3.65. The number of para-hydroxylation sites is 1. The molecule has 1 aliphatic carbocycles. The minimum absolute atomic E-state index is 0.130. The van der Waals surface area contributed by atoms with Gasteiger partial charge in [0.1, 0.15) is 11.3 Å². The van der Waals surface area contributed by atoms with E-state index in [2.05, 4.69) is 69.8 Å². The van der Waals surface area contributed by atoms with Crippen molar-refractivity contribution in [1.29, 1.82) is 0 Å². The van der Waals surface area contributed by atoms with E-state index >= 15 is 0 Å². The fraction of sp³-hybridized carbons (Fsp3) is 0.310. The number of carbonyl (C=O) groups is 1. The smallest absolute Gasteiger partial charge is 0.270 e. The summed E-state index contributed by atoms with van der Waals surface area (Å²) < 4.78 is 1.78. The van der Waals surface area contributed by atoms with Crippen molar-refractivity contribution in [2.24, 2.45) is 5.41 Å². The second-order valence-electron chi connectivity index (χ2n) is 10.1. The van der Waals surface area contributed by atoms with Gasteiger partial charge in [-0.2, -0.15) is 0 Å². The molecular formula is C29H29ClN4O. The average molecular weight is 485 g/mol. The number of nitrogens with zero attached hydrogens (tertiary/aromatic N) is 3. The lowest BCUT2D eigenvalue weighted by atomic mass is 9.56. The molecule has 6 heteroatoms. The van der Waals surface area contributed by atoms with Gasteiger partial charge in [-0.1, -0.05) is 61.0 Å². The van der Waals surface area contributed by atoms with Crippen molar-refractivity contribution in [3.63, 3.8) is 0 Å². The van der Waals surface area contributed by atoms with Crippen molar-refractivity contribution in [2.75, 3.05) is 18.0 Å². The lowest BCUT2D eigenvalue weighted by Crippen LogP contribution is -2.61. The first-order valence-corrected chi connectivity index (χ1v) is 12.7. The second kappa shape index (κ2) is 8.72. The van der Waals surface area contributed by atoms with Crippen LogP contribution in [-0.4, -0.2) is 28.4 Å². The fourth-order valence-electron chi connectivity index (χ4n) is 5.79. The van der Waals surface area contributed by atoms with Gasteiger partial charge in [0, 0.05) is 36.9 Å². The third-order valence-corrected chi connectivity index (χ3v) is 7.87. The molecule has 0 radical (unpaired) electrons. The second-order valence-corrected chi connectivity index (χ2v) is 10.5. The molecule has 4 aromatic rings. The van der Waals surface area contributed by atoms with E-state index in [0.29, 0.717) is 35.0 Å². The third kappa shape index (κ3) is 4.08. The minimum atomic E-state index is -0.130. The Morgan fingerprint density at radius 2 is 1.80 bits per heavy atom. The van der Waals surface area contributed by atoms with E-state index < -0.39 is 0 Å². The van der Waals surface area contributed by atoms with Gasteiger partial charge in [0.2, 0.25) is 0 Å². The molecule has 2 fully saturated rings. The molecule has 0 bridgehead atoms. The number of nitrogens with one attached hydrogen (secondary N) is 1. The van der Waals surface area contributed by atoms with Crippen LogP contribution in [0.5, 0.6) is 0 Å².